The second-order valence-corrected chi connectivity index (χ2v) is 4.60. The summed E-state index contributed by atoms with van der Waals surface area (Å²) in [4.78, 5) is 24.9. The summed E-state index contributed by atoms with van der Waals surface area (Å²) in [5, 5.41) is 9.87. The Kier molecular flexibility index (Phi) is 2.84. The maximum Gasteiger partial charge on any atom is 0.223 e. The highest BCUT2D eigenvalue weighted by Crippen LogP contribution is 2.34. The third-order valence-corrected chi connectivity index (χ3v) is 3.51. The number of aliphatic hydroxyl groups excluding tert-OH is 1. The molecule has 0 radical (unpaired) electrons. The van der Waals surface area contributed by atoms with Crippen LogP contribution in [0.15, 0.2) is 11.3 Å². The van der Waals surface area contributed by atoms with E-state index in [1.165, 1.54) is 6.92 Å². The van der Waals surface area contributed by atoms with Gasteiger partial charge in [0, 0.05) is 31.0 Å². The third kappa shape index (κ3) is 1.67. The Morgan fingerprint density at radius 2 is 2.12 bits per heavy atom. The van der Waals surface area contributed by atoms with Crippen molar-refractivity contribution in [2.75, 3.05) is 0 Å². The van der Waals surface area contributed by atoms with E-state index in [1.54, 1.807) is 4.90 Å². The van der Waals surface area contributed by atoms with E-state index in [9.17, 15) is 14.7 Å². The standard InChI is InChI=1S/C12H17NO3/c1-7-12(16)6-9-10(13(7)8(2)14)4-3-5-11(9)15/h7,12,16H,3-6H2,1-2H3/t7-,12+/m0/s1. The predicted octanol–water partition coefficient (Wildman–Crippen LogP) is 0.995. The second-order valence-electron chi connectivity index (χ2n) is 4.60. The molecule has 0 aromatic carbocycles. The number of aliphatic hydroxyl groups is 1. The smallest absolute Gasteiger partial charge is 0.223 e. The molecule has 0 saturated carbocycles. The quantitative estimate of drug-likeness (QED) is 0.666. The second kappa shape index (κ2) is 4.01. The van der Waals surface area contributed by atoms with E-state index in [4.69, 9.17) is 0 Å². The summed E-state index contributed by atoms with van der Waals surface area (Å²) in [7, 11) is 0. The first kappa shape index (κ1) is 11.3. The van der Waals surface area contributed by atoms with E-state index in [0.29, 0.717) is 18.4 Å². The van der Waals surface area contributed by atoms with Crippen LogP contribution in [0, 0.1) is 0 Å². The number of Topliss-reactive ketones (excluding diaryl/α,β-unsaturated/α-hetero) is 1. The van der Waals surface area contributed by atoms with Crippen molar-refractivity contribution >= 4 is 11.7 Å². The molecule has 0 aromatic rings. The van der Waals surface area contributed by atoms with Crippen LogP contribution in [0.2, 0.25) is 0 Å². The Labute approximate surface area is 94.9 Å². The molecule has 88 valence electrons. The van der Waals surface area contributed by atoms with Gasteiger partial charge in [-0.3, -0.25) is 9.59 Å². The number of allylic oxidation sites excluding steroid dienone is 1. The number of rotatable bonds is 0. The van der Waals surface area contributed by atoms with Crippen LogP contribution in [-0.4, -0.2) is 33.8 Å². The molecule has 0 fully saturated rings. The van der Waals surface area contributed by atoms with Crippen molar-refractivity contribution in [1.29, 1.82) is 0 Å². The van der Waals surface area contributed by atoms with Gasteiger partial charge in [-0.25, -0.2) is 0 Å². The van der Waals surface area contributed by atoms with Gasteiger partial charge in [0.1, 0.15) is 0 Å². The summed E-state index contributed by atoms with van der Waals surface area (Å²) in [6.07, 6.45) is 1.91. The van der Waals surface area contributed by atoms with E-state index in [0.717, 1.165) is 18.5 Å². The molecule has 2 atom stereocenters. The topological polar surface area (TPSA) is 57.6 Å². The van der Waals surface area contributed by atoms with Gasteiger partial charge in [0.15, 0.2) is 5.78 Å². The number of hydrogen-bond acceptors (Lipinski definition) is 3. The van der Waals surface area contributed by atoms with Crippen LogP contribution in [0.4, 0.5) is 0 Å². The van der Waals surface area contributed by atoms with E-state index in [1.807, 2.05) is 6.92 Å². The average molecular weight is 223 g/mol. The zero-order chi connectivity index (χ0) is 11.9. The number of nitrogens with zero attached hydrogens (tertiary/aromatic N) is 1. The monoisotopic (exact) mass is 223 g/mol. The summed E-state index contributed by atoms with van der Waals surface area (Å²) < 4.78 is 0. The summed E-state index contributed by atoms with van der Waals surface area (Å²) in [5.74, 6) is 0.00639. The summed E-state index contributed by atoms with van der Waals surface area (Å²) in [5.41, 5.74) is 1.52. The lowest BCUT2D eigenvalue weighted by molar-refractivity contribution is -0.132. The van der Waals surface area contributed by atoms with Gasteiger partial charge in [-0.2, -0.15) is 0 Å². The van der Waals surface area contributed by atoms with Crippen LogP contribution in [-0.2, 0) is 9.59 Å². The van der Waals surface area contributed by atoms with Crippen molar-refractivity contribution < 1.29 is 14.7 Å². The van der Waals surface area contributed by atoms with Gasteiger partial charge in [0.25, 0.3) is 0 Å². The van der Waals surface area contributed by atoms with Crippen molar-refractivity contribution in [3.8, 4) is 0 Å². The van der Waals surface area contributed by atoms with Gasteiger partial charge in [0.05, 0.1) is 12.1 Å². The minimum atomic E-state index is -0.621. The molecule has 0 saturated heterocycles. The van der Waals surface area contributed by atoms with Crippen molar-refractivity contribution in [3.63, 3.8) is 0 Å². The molecule has 1 heterocycles. The molecule has 2 rings (SSSR count). The first-order chi connectivity index (χ1) is 7.52. The molecule has 0 spiro atoms. The molecular weight excluding hydrogens is 206 g/mol. The molecule has 4 heteroatoms. The highest BCUT2D eigenvalue weighted by atomic mass is 16.3. The fourth-order valence-electron chi connectivity index (χ4n) is 2.65. The van der Waals surface area contributed by atoms with E-state index in [2.05, 4.69) is 0 Å². The third-order valence-electron chi connectivity index (χ3n) is 3.51. The maximum absolute atomic E-state index is 11.7. The lowest BCUT2D eigenvalue weighted by Gasteiger charge is -2.41. The van der Waals surface area contributed by atoms with Crippen molar-refractivity contribution in [2.45, 2.75) is 51.7 Å². The van der Waals surface area contributed by atoms with Crippen molar-refractivity contribution in [3.05, 3.63) is 11.3 Å². The molecule has 4 nitrogen and oxygen atoms in total. The minimum Gasteiger partial charge on any atom is -0.391 e. The van der Waals surface area contributed by atoms with E-state index in [-0.39, 0.29) is 17.7 Å². The molecular formula is C12H17NO3. The molecule has 1 N–H and O–H groups in total. The first-order valence-corrected chi connectivity index (χ1v) is 5.75. The summed E-state index contributed by atoms with van der Waals surface area (Å²) in [6.45, 7) is 3.31. The fourth-order valence-corrected chi connectivity index (χ4v) is 2.65. The first-order valence-electron chi connectivity index (χ1n) is 5.75. The number of ketones is 1. The fraction of sp³-hybridized carbons (Fsp3) is 0.667. The lowest BCUT2D eigenvalue weighted by atomic mass is 9.84. The highest BCUT2D eigenvalue weighted by Gasteiger charge is 2.37. The lowest BCUT2D eigenvalue weighted by Crippen LogP contribution is -2.49. The van der Waals surface area contributed by atoms with Crippen LogP contribution < -0.4 is 0 Å². The zero-order valence-corrected chi connectivity index (χ0v) is 9.69. The predicted molar refractivity (Wildman–Crippen MR) is 58.5 cm³/mol. The number of amides is 1. The minimum absolute atomic E-state index is 0.0894. The summed E-state index contributed by atoms with van der Waals surface area (Å²) >= 11 is 0. The van der Waals surface area contributed by atoms with E-state index >= 15 is 0 Å². The molecule has 0 unspecified atom stereocenters. The molecule has 0 bridgehead atoms. The van der Waals surface area contributed by atoms with Crippen LogP contribution >= 0.6 is 0 Å². The van der Waals surface area contributed by atoms with Crippen LogP contribution in [0.3, 0.4) is 0 Å². The molecule has 0 aromatic heterocycles. The average Bonchev–Trinajstić information content (AvgIpc) is 2.21. The Morgan fingerprint density at radius 1 is 1.44 bits per heavy atom. The van der Waals surface area contributed by atoms with Gasteiger partial charge >= 0.3 is 0 Å². The highest BCUT2D eigenvalue weighted by molar-refractivity contribution is 5.98. The Bertz CT molecular complexity index is 372. The van der Waals surface area contributed by atoms with Crippen molar-refractivity contribution in [1.82, 2.24) is 4.90 Å². The maximum atomic E-state index is 11.7. The normalized spacial score (nSPS) is 30.4. The molecule has 1 aliphatic carbocycles. The van der Waals surface area contributed by atoms with Gasteiger partial charge in [-0.1, -0.05) is 0 Å². The number of hydrogen-bond donors (Lipinski definition) is 1. The van der Waals surface area contributed by atoms with Crippen molar-refractivity contribution in [2.24, 2.45) is 0 Å². The molecule has 1 amide bonds. The Hall–Kier alpha value is -1.16. The van der Waals surface area contributed by atoms with Crippen LogP contribution in [0.1, 0.15) is 39.5 Å². The van der Waals surface area contributed by atoms with Gasteiger partial charge in [-0.05, 0) is 19.8 Å². The van der Waals surface area contributed by atoms with Gasteiger partial charge < -0.3 is 10.0 Å². The van der Waals surface area contributed by atoms with Gasteiger partial charge in [0.2, 0.25) is 5.91 Å². The van der Waals surface area contributed by atoms with E-state index < -0.39 is 6.10 Å². The SMILES string of the molecule is CC(=O)N1C2=C(C[C@@H](O)[C@@H]1C)C(=O)CCC2. The van der Waals surface area contributed by atoms with Gasteiger partial charge in [-0.15, -0.1) is 0 Å². The Balaban J connectivity index is 2.44. The van der Waals surface area contributed by atoms with Crippen LogP contribution in [0.25, 0.3) is 0 Å². The number of carbonyl (C=O) groups excluding carboxylic acids is 2. The van der Waals surface area contributed by atoms with Crippen LogP contribution in [0.5, 0.6) is 0 Å². The largest absolute Gasteiger partial charge is 0.391 e. The number of carbonyl (C=O) groups is 2. The summed E-state index contributed by atoms with van der Waals surface area (Å²) in [6, 6.07) is -0.220. The Morgan fingerprint density at radius 3 is 2.75 bits per heavy atom. The zero-order valence-electron chi connectivity index (χ0n) is 9.69. The molecule has 16 heavy (non-hydrogen) atoms. The molecule has 1 aliphatic heterocycles. The molecule has 2 aliphatic rings.